The standard InChI is InChI=1S/C21H28N4O3/c1-5-22-21(25-18-10-11-19(27-3)20(14-18)28-4)23-13-12-16-6-8-17(9-7-16)24-15(2)26/h6-11,14H,5,12-13H2,1-4H3,(H,24,26)(H2,22,23,25). The monoisotopic (exact) mass is 384 g/mol. The van der Waals surface area contributed by atoms with Crippen LogP contribution in [0.4, 0.5) is 11.4 Å². The van der Waals surface area contributed by atoms with Crippen LogP contribution >= 0.6 is 0 Å². The number of benzene rings is 2. The molecule has 0 aliphatic rings. The van der Waals surface area contributed by atoms with Gasteiger partial charge in [0.1, 0.15) is 0 Å². The van der Waals surface area contributed by atoms with Gasteiger partial charge in [-0.25, -0.2) is 0 Å². The molecule has 2 aromatic rings. The summed E-state index contributed by atoms with van der Waals surface area (Å²) in [4.78, 5) is 15.7. The summed E-state index contributed by atoms with van der Waals surface area (Å²) in [5.41, 5.74) is 2.81. The van der Waals surface area contributed by atoms with Gasteiger partial charge >= 0.3 is 0 Å². The van der Waals surface area contributed by atoms with E-state index in [1.54, 1.807) is 14.2 Å². The van der Waals surface area contributed by atoms with Gasteiger partial charge in [-0.15, -0.1) is 0 Å². The van der Waals surface area contributed by atoms with Gasteiger partial charge in [0.05, 0.1) is 14.2 Å². The highest BCUT2D eigenvalue weighted by molar-refractivity contribution is 5.94. The van der Waals surface area contributed by atoms with E-state index in [1.165, 1.54) is 6.92 Å². The minimum absolute atomic E-state index is 0.0751. The quantitative estimate of drug-likeness (QED) is 0.480. The van der Waals surface area contributed by atoms with E-state index in [0.29, 0.717) is 24.0 Å². The summed E-state index contributed by atoms with van der Waals surface area (Å²) in [7, 11) is 3.22. The van der Waals surface area contributed by atoms with Crippen LogP contribution in [0.25, 0.3) is 0 Å². The number of nitrogens with zero attached hydrogens (tertiary/aromatic N) is 1. The number of ether oxygens (including phenoxy) is 2. The van der Waals surface area contributed by atoms with Crippen molar-refractivity contribution in [2.45, 2.75) is 20.3 Å². The van der Waals surface area contributed by atoms with Crippen molar-refractivity contribution in [1.29, 1.82) is 0 Å². The topological polar surface area (TPSA) is 84.0 Å². The highest BCUT2D eigenvalue weighted by Gasteiger charge is 2.06. The Balaban J connectivity index is 1.99. The third kappa shape index (κ3) is 6.50. The van der Waals surface area contributed by atoms with Gasteiger partial charge in [-0.3, -0.25) is 9.79 Å². The Labute approximate surface area is 166 Å². The highest BCUT2D eigenvalue weighted by atomic mass is 16.5. The van der Waals surface area contributed by atoms with Crippen LogP contribution in [0.15, 0.2) is 47.5 Å². The van der Waals surface area contributed by atoms with Crippen LogP contribution in [0.3, 0.4) is 0 Å². The lowest BCUT2D eigenvalue weighted by Crippen LogP contribution is -2.30. The summed E-state index contributed by atoms with van der Waals surface area (Å²) in [5.74, 6) is 1.96. The van der Waals surface area contributed by atoms with Crippen molar-refractivity contribution in [3.8, 4) is 11.5 Å². The zero-order valence-corrected chi connectivity index (χ0v) is 16.8. The Hall–Kier alpha value is -3.22. The van der Waals surface area contributed by atoms with E-state index < -0.39 is 0 Å². The summed E-state index contributed by atoms with van der Waals surface area (Å²) < 4.78 is 10.6. The van der Waals surface area contributed by atoms with Crippen LogP contribution in [-0.4, -0.2) is 39.2 Å². The maximum Gasteiger partial charge on any atom is 0.221 e. The van der Waals surface area contributed by atoms with Gasteiger partial charge in [-0.2, -0.15) is 0 Å². The predicted molar refractivity (Wildman–Crippen MR) is 114 cm³/mol. The summed E-state index contributed by atoms with van der Waals surface area (Å²) in [5, 5.41) is 9.27. The number of nitrogens with one attached hydrogen (secondary N) is 3. The van der Waals surface area contributed by atoms with Crippen molar-refractivity contribution in [2.24, 2.45) is 4.99 Å². The molecule has 0 spiro atoms. The van der Waals surface area contributed by atoms with Crippen molar-refractivity contribution in [2.75, 3.05) is 37.9 Å². The molecule has 150 valence electrons. The molecular formula is C21H28N4O3. The van der Waals surface area contributed by atoms with Gasteiger partial charge in [0.15, 0.2) is 17.5 Å². The lowest BCUT2D eigenvalue weighted by Gasteiger charge is -2.14. The minimum Gasteiger partial charge on any atom is -0.493 e. The molecule has 0 aromatic heterocycles. The molecule has 0 heterocycles. The SMILES string of the molecule is CCNC(=NCCc1ccc(NC(C)=O)cc1)Nc1ccc(OC)c(OC)c1. The van der Waals surface area contributed by atoms with Gasteiger partial charge in [0, 0.05) is 37.5 Å². The molecule has 7 heteroatoms. The van der Waals surface area contributed by atoms with E-state index in [0.717, 1.165) is 29.9 Å². The average molecular weight is 384 g/mol. The molecule has 3 N–H and O–H groups in total. The number of amides is 1. The number of hydrogen-bond acceptors (Lipinski definition) is 4. The smallest absolute Gasteiger partial charge is 0.221 e. The summed E-state index contributed by atoms with van der Waals surface area (Å²) >= 11 is 0. The van der Waals surface area contributed by atoms with E-state index in [-0.39, 0.29) is 5.91 Å². The Morgan fingerprint density at radius 1 is 0.964 bits per heavy atom. The van der Waals surface area contributed by atoms with Gasteiger partial charge < -0.3 is 25.4 Å². The first-order valence-electron chi connectivity index (χ1n) is 9.19. The van der Waals surface area contributed by atoms with E-state index >= 15 is 0 Å². The Kier molecular flexibility index (Phi) is 8.14. The molecule has 0 aliphatic carbocycles. The van der Waals surface area contributed by atoms with Gasteiger partial charge in [-0.05, 0) is 43.2 Å². The number of carbonyl (C=O) groups excluding carboxylic acids is 1. The fraction of sp³-hybridized carbons (Fsp3) is 0.333. The molecule has 1 amide bonds. The van der Waals surface area contributed by atoms with Crippen LogP contribution in [0.2, 0.25) is 0 Å². The fourth-order valence-electron chi connectivity index (χ4n) is 2.61. The van der Waals surface area contributed by atoms with Crippen LogP contribution in [0.1, 0.15) is 19.4 Å². The third-order valence-electron chi connectivity index (χ3n) is 3.94. The molecule has 0 atom stereocenters. The van der Waals surface area contributed by atoms with Gasteiger partial charge in [0.25, 0.3) is 0 Å². The molecular weight excluding hydrogens is 356 g/mol. The normalized spacial score (nSPS) is 10.9. The molecule has 0 saturated heterocycles. The lowest BCUT2D eigenvalue weighted by molar-refractivity contribution is -0.114. The van der Waals surface area contributed by atoms with E-state index in [1.807, 2.05) is 49.4 Å². The van der Waals surface area contributed by atoms with Crippen LogP contribution in [0, 0.1) is 0 Å². The van der Waals surface area contributed by atoms with Crippen LogP contribution < -0.4 is 25.4 Å². The van der Waals surface area contributed by atoms with Crippen molar-refractivity contribution in [3.63, 3.8) is 0 Å². The predicted octanol–water partition coefficient (Wildman–Crippen LogP) is 3.28. The third-order valence-corrected chi connectivity index (χ3v) is 3.94. The van der Waals surface area contributed by atoms with E-state index in [4.69, 9.17) is 9.47 Å². The number of anilines is 2. The van der Waals surface area contributed by atoms with E-state index in [2.05, 4.69) is 20.9 Å². The second kappa shape index (κ2) is 10.8. The van der Waals surface area contributed by atoms with Gasteiger partial charge in [0.2, 0.25) is 5.91 Å². The first kappa shape index (κ1) is 21.1. The van der Waals surface area contributed by atoms with Crippen molar-refractivity contribution in [3.05, 3.63) is 48.0 Å². The molecule has 2 aromatic carbocycles. The number of methoxy groups -OCH3 is 2. The molecule has 0 unspecified atom stereocenters. The van der Waals surface area contributed by atoms with Crippen molar-refractivity contribution >= 4 is 23.2 Å². The molecule has 2 rings (SSSR count). The molecule has 28 heavy (non-hydrogen) atoms. The lowest BCUT2D eigenvalue weighted by atomic mass is 10.1. The van der Waals surface area contributed by atoms with Crippen molar-refractivity contribution < 1.29 is 14.3 Å². The zero-order valence-electron chi connectivity index (χ0n) is 16.8. The molecule has 7 nitrogen and oxygen atoms in total. The molecule has 0 saturated carbocycles. The maximum atomic E-state index is 11.1. The molecule has 0 fully saturated rings. The number of guanidine groups is 1. The minimum atomic E-state index is -0.0751. The number of hydrogen-bond donors (Lipinski definition) is 3. The number of carbonyl (C=O) groups is 1. The number of aliphatic imine (C=N–C) groups is 1. The summed E-state index contributed by atoms with van der Waals surface area (Å²) in [6, 6.07) is 13.4. The summed E-state index contributed by atoms with van der Waals surface area (Å²) in [6.45, 7) is 4.90. The van der Waals surface area contributed by atoms with Crippen LogP contribution in [0.5, 0.6) is 11.5 Å². The number of rotatable bonds is 8. The summed E-state index contributed by atoms with van der Waals surface area (Å²) in [6.07, 6.45) is 0.795. The molecule has 0 aliphatic heterocycles. The van der Waals surface area contributed by atoms with Gasteiger partial charge in [-0.1, -0.05) is 12.1 Å². The molecule has 0 radical (unpaired) electrons. The van der Waals surface area contributed by atoms with E-state index in [9.17, 15) is 4.79 Å². The fourth-order valence-corrected chi connectivity index (χ4v) is 2.61. The second-order valence-electron chi connectivity index (χ2n) is 6.08. The first-order valence-corrected chi connectivity index (χ1v) is 9.19. The first-order chi connectivity index (χ1) is 13.5. The zero-order chi connectivity index (χ0) is 20.4. The second-order valence-corrected chi connectivity index (χ2v) is 6.08. The van der Waals surface area contributed by atoms with Crippen LogP contribution in [-0.2, 0) is 11.2 Å². The Morgan fingerprint density at radius 3 is 2.25 bits per heavy atom. The average Bonchev–Trinajstić information content (AvgIpc) is 2.69. The Bertz CT molecular complexity index is 804. The maximum absolute atomic E-state index is 11.1. The Morgan fingerprint density at radius 2 is 1.64 bits per heavy atom. The molecule has 0 bridgehead atoms. The van der Waals surface area contributed by atoms with Crippen molar-refractivity contribution in [1.82, 2.24) is 5.32 Å². The largest absolute Gasteiger partial charge is 0.493 e. The highest BCUT2D eigenvalue weighted by Crippen LogP contribution is 2.29.